The lowest BCUT2D eigenvalue weighted by molar-refractivity contribution is 0.250. The fraction of sp³-hybridized carbons (Fsp3) is 0.588. The molecule has 2 amide bonds. The van der Waals surface area contributed by atoms with Gasteiger partial charge in [-0.3, -0.25) is 0 Å². The van der Waals surface area contributed by atoms with Crippen LogP contribution in [0.1, 0.15) is 52.6 Å². The minimum atomic E-state index is -0.147. The Labute approximate surface area is 128 Å². The van der Waals surface area contributed by atoms with Crippen LogP contribution >= 0.6 is 0 Å². The highest BCUT2D eigenvalue weighted by molar-refractivity contribution is 5.89. The average Bonchev–Trinajstić information content (AvgIpc) is 2.38. The Morgan fingerprint density at radius 1 is 1.19 bits per heavy atom. The van der Waals surface area contributed by atoms with E-state index < -0.39 is 0 Å². The minimum Gasteiger partial charge on any atom is -0.338 e. The summed E-state index contributed by atoms with van der Waals surface area (Å²) in [5.41, 5.74) is 2.27. The molecule has 0 fully saturated rings. The summed E-state index contributed by atoms with van der Waals surface area (Å²) in [5, 5.41) is 9.10. The van der Waals surface area contributed by atoms with Crippen LogP contribution in [0.2, 0.25) is 0 Å². The molecule has 21 heavy (non-hydrogen) atoms. The van der Waals surface area contributed by atoms with Gasteiger partial charge < -0.3 is 16.0 Å². The first kappa shape index (κ1) is 17.5. The van der Waals surface area contributed by atoms with E-state index in [2.05, 4.69) is 50.6 Å². The molecule has 0 saturated carbocycles. The van der Waals surface area contributed by atoms with Gasteiger partial charge in [-0.2, -0.15) is 0 Å². The largest absolute Gasteiger partial charge is 0.338 e. The van der Waals surface area contributed by atoms with Crippen molar-refractivity contribution in [3.8, 4) is 0 Å². The third-order valence-electron chi connectivity index (χ3n) is 3.34. The van der Waals surface area contributed by atoms with Crippen LogP contribution in [-0.2, 0) is 0 Å². The molecule has 0 heterocycles. The van der Waals surface area contributed by atoms with Crippen molar-refractivity contribution in [1.82, 2.24) is 10.6 Å². The lowest BCUT2D eigenvalue weighted by Gasteiger charge is -2.18. The van der Waals surface area contributed by atoms with Gasteiger partial charge in [0.2, 0.25) is 0 Å². The van der Waals surface area contributed by atoms with Gasteiger partial charge in [0.25, 0.3) is 0 Å². The minimum absolute atomic E-state index is 0.147. The maximum atomic E-state index is 11.8. The summed E-state index contributed by atoms with van der Waals surface area (Å²) in [6, 6.07) is 8.13. The molecule has 1 atom stereocenters. The quantitative estimate of drug-likeness (QED) is 0.744. The molecule has 3 N–H and O–H groups in total. The maximum absolute atomic E-state index is 11.8. The number of benzene rings is 1. The van der Waals surface area contributed by atoms with E-state index in [-0.39, 0.29) is 11.4 Å². The Kier molecular flexibility index (Phi) is 6.69. The number of hydrogen-bond acceptors (Lipinski definition) is 2. The van der Waals surface area contributed by atoms with E-state index >= 15 is 0 Å². The van der Waals surface area contributed by atoms with Crippen LogP contribution in [0, 0.1) is 5.41 Å². The zero-order valence-electron chi connectivity index (χ0n) is 13.9. The molecule has 0 bridgehead atoms. The lowest BCUT2D eigenvalue weighted by atomic mass is 9.92. The molecule has 4 heteroatoms. The molecular formula is C17H29N3O. The molecule has 0 aliphatic rings. The van der Waals surface area contributed by atoms with Crippen molar-refractivity contribution in [2.24, 2.45) is 5.41 Å². The van der Waals surface area contributed by atoms with Gasteiger partial charge >= 0.3 is 6.03 Å². The topological polar surface area (TPSA) is 53.2 Å². The van der Waals surface area contributed by atoms with E-state index in [1.165, 1.54) is 5.56 Å². The van der Waals surface area contributed by atoms with Crippen LogP contribution in [0.25, 0.3) is 0 Å². The summed E-state index contributed by atoms with van der Waals surface area (Å²) in [6.45, 7) is 12.3. The van der Waals surface area contributed by atoms with Gasteiger partial charge in [0.15, 0.2) is 0 Å². The van der Waals surface area contributed by atoms with Crippen LogP contribution in [0.15, 0.2) is 24.3 Å². The monoisotopic (exact) mass is 291 g/mol. The van der Waals surface area contributed by atoms with Crippen LogP contribution in [0.5, 0.6) is 0 Å². The molecule has 0 aliphatic carbocycles. The number of carbonyl (C=O) groups excluding carboxylic acids is 1. The van der Waals surface area contributed by atoms with Gasteiger partial charge in [-0.25, -0.2) is 4.79 Å². The first-order valence-electron chi connectivity index (χ1n) is 7.70. The van der Waals surface area contributed by atoms with E-state index in [9.17, 15) is 4.79 Å². The summed E-state index contributed by atoms with van der Waals surface area (Å²) >= 11 is 0. The number of rotatable bonds is 6. The Hall–Kier alpha value is -1.55. The fourth-order valence-corrected chi connectivity index (χ4v) is 2.01. The summed E-state index contributed by atoms with van der Waals surface area (Å²) in [6.07, 6.45) is 0.958. The molecule has 1 unspecified atom stereocenters. The molecule has 1 aromatic rings. The second kappa shape index (κ2) is 8.03. The SMILES string of the molecule is CCNC(C)c1ccc(NC(=O)NCCC(C)(C)C)cc1. The van der Waals surface area contributed by atoms with Crippen molar-refractivity contribution < 1.29 is 4.79 Å². The van der Waals surface area contributed by atoms with Crippen LogP contribution in [0.4, 0.5) is 10.5 Å². The molecule has 0 saturated heterocycles. The predicted octanol–water partition coefficient (Wildman–Crippen LogP) is 3.91. The van der Waals surface area contributed by atoms with E-state index in [1.807, 2.05) is 24.3 Å². The summed E-state index contributed by atoms with van der Waals surface area (Å²) in [7, 11) is 0. The fourth-order valence-electron chi connectivity index (χ4n) is 2.01. The van der Waals surface area contributed by atoms with E-state index in [1.54, 1.807) is 0 Å². The van der Waals surface area contributed by atoms with Crippen LogP contribution < -0.4 is 16.0 Å². The Morgan fingerprint density at radius 3 is 2.33 bits per heavy atom. The highest BCUT2D eigenvalue weighted by atomic mass is 16.2. The zero-order valence-corrected chi connectivity index (χ0v) is 13.9. The molecular weight excluding hydrogens is 262 g/mol. The van der Waals surface area contributed by atoms with Gasteiger partial charge in [-0.05, 0) is 43.0 Å². The van der Waals surface area contributed by atoms with Gasteiger partial charge in [-0.1, -0.05) is 39.8 Å². The molecule has 118 valence electrons. The standard InChI is InChI=1S/C17H29N3O/c1-6-18-13(2)14-7-9-15(10-8-14)20-16(21)19-12-11-17(3,4)5/h7-10,13,18H,6,11-12H2,1-5H3,(H2,19,20,21). The highest BCUT2D eigenvalue weighted by Crippen LogP contribution is 2.17. The average molecular weight is 291 g/mol. The number of carbonyl (C=O) groups is 1. The molecule has 1 aromatic carbocycles. The highest BCUT2D eigenvalue weighted by Gasteiger charge is 2.10. The Bertz CT molecular complexity index is 434. The van der Waals surface area contributed by atoms with Crippen molar-refractivity contribution in [1.29, 1.82) is 0 Å². The van der Waals surface area contributed by atoms with E-state index in [0.717, 1.165) is 18.7 Å². The van der Waals surface area contributed by atoms with Crippen molar-refractivity contribution in [3.05, 3.63) is 29.8 Å². The summed E-state index contributed by atoms with van der Waals surface area (Å²) in [5.74, 6) is 0. The predicted molar refractivity (Wildman–Crippen MR) is 89.6 cm³/mol. The van der Waals surface area contributed by atoms with Crippen molar-refractivity contribution in [2.75, 3.05) is 18.4 Å². The molecule has 1 rings (SSSR count). The normalized spacial score (nSPS) is 12.8. The Balaban J connectivity index is 2.43. The first-order valence-corrected chi connectivity index (χ1v) is 7.70. The number of urea groups is 1. The summed E-state index contributed by atoms with van der Waals surface area (Å²) in [4.78, 5) is 11.8. The van der Waals surface area contributed by atoms with Crippen molar-refractivity contribution in [3.63, 3.8) is 0 Å². The number of hydrogen-bond donors (Lipinski definition) is 3. The number of nitrogens with one attached hydrogen (secondary N) is 3. The lowest BCUT2D eigenvalue weighted by Crippen LogP contribution is -2.31. The molecule has 0 spiro atoms. The third-order valence-corrected chi connectivity index (χ3v) is 3.34. The van der Waals surface area contributed by atoms with Crippen molar-refractivity contribution in [2.45, 2.75) is 47.1 Å². The molecule has 0 radical (unpaired) electrons. The second-order valence-corrected chi connectivity index (χ2v) is 6.59. The van der Waals surface area contributed by atoms with Crippen LogP contribution in [0.3, 0.4) is 0 Å². The van der Waals surface area contributed by atoms with Gasteiger partial charge in [0.1, 0.15) is 0 Å². The first-order chi connectivity index (χ1) is 9.81. The van der Waals surface area contributed by atoms with Crippen molar-refractivity contribution >= 4 is 11.7 Å². The van der Waals surface area contributed by atoms with Crippen LogP contribution in [-0.4, -0.2) is 19.1 Å². The third kappa shape index (κ3) is 7.14. The Morgan fingerprint density at radius 2 is 1.81 bits per heavy atom. The molecule has 0 aliphatic heterocycles. The van der Waals surface area contributed by atoms with E-state index in [4.69, 9.17) is 0 Å². The summed E-state index contributed by atoms with van der Waals surface area (Å²) < 4.78 is 0. The zero-order chi connectivity index (χ0) is 15.9. The van der Waals surface area contributed by atoms with Gasteiger partial charge in [0.05, 0.1) is 0 Å². The number of amides is 2. The molecule has 0 aromatic heterocycles. The number of anilines is 1. The van der Waals surface area contributed by atoms with E-state index in [0.29, 0.717) is 12.6 Å². The second-order valence-electron chi connectivity index (χ2n) is 6.59. The van der Waals surface area contributed by atoms with Gasteiger partial charge in [0, 0.05) is 18.3 Å². The van der Waals surface area contributed by atoms with Gasteiger partial charge in [-0.15, -0.1) is 0 Å². The molecule has 4 nitrogen and oxygen atoms in total. The maximum Gasteiger partial charge on any atom is 0.319 e. The smallest absolute Gasteiger partial charge is 0.319 e.